The zero-order valence-corrected chi connectivity index (χ0v) is 22.3. The topological polar surface area (TPSA) is 544 Å². The minimum Gasteiger partial charge on any atom is -0.759 e. The van der Waals surface area contributed by atoms with Gasteiger partial charge in [0.15, 0.2) is 22.1 Å². The Kier molecular flexibility index (Phi) is 60.2. The van der Waals surface area contributed by atoms with E-state index in [9.17, 15) is 0 Å². The Bertz CT molecular complexity index is 1050. The van der Waals surface area contributed by atoms with Gasteiger partial charge in [-0.2, -0.15) is 0 Å². The monoisotopic (exact) mass is 674 g/mol. The molecule has 22 nitrogen and oxygen atoms in total. The van der Waals surface area contributed by atoms with E-state index in [0.29, 0.717) is 0 Å². The van der Waals surface area contributed by atoms with Gasteiger partial charge in [0.25, 0.3) is 0 Å². The van der Waals surface area contributed by atoms with Gasteiger partial charge < -0.3 is 73.0 Å². The number of rotatable bonds is 0. The van der Waals surface area contributed by atoms with E-state index in [-0.39, 0.29) is 71.3 Å². The van der Waals surface area contributed by atoms with Gasteiger partial charge in [0.05, 0.1) is 0 Å². The summed E-state index contributed by atoms with van der Waals surface area (Å²) < 4.78 is 68.2. The van der Waals surface area contributed by atoms with Crippen LogP contribution in [-0.2, 0) is 70.1 Å². The Labute approximate surface area is 230 Å². The first-order valence-corrected chi connectivity index (χ1v) is 9.81. The molecule has 2 heterocycles. The second-order valence-electron chi connectivity index (χ2n) is 4.77. The average Bonchev–Trinajstić information content (AvgIpc) is 3.21. The molecule has 0 aliphatic rings. The number of aromatic nitrogens is 4. The van der Waals surface area contributed by atoms with Crippen molar-refractivity contribution in [1.82, 2.24) is 9.97 Å². The SMILES string of the molecule is O.O.O.O.O=S(=O)([O-])[O-].O=S(=O)([O-])[O-].[Ni+2].[OH3+].[OH3+].[OH3+].[OH3+].[OH3+].[OH3+].c1ccc2[nH+]c[nH]c2c1.c1ccc2[nH+]c[nH]c2c1. The zero-order chi connectivity index (χ0) is 21.2. The molecule has 0 radical (unpaired) electrons. The van der Waals surface area contributed by atoms with Crippen LogP contribution < -0.4 is 9.97 Å². The summed E-state index contributed by atoms with van der Waals surface area (Å²) in [5.74, 6) is 0. The molecule has 0 amide bonds. The second-order valence-corrected chi connectivity index (χ2v) is 6.41. The molecule has 0 saturated heterocycles. The summed E-state index contributed by atoms with van der Waals surface area (Å²) in [4.78, 5) is 12.3. The van der Waals surface area contributed by atoms with Crippen molar-refractivity contribution in [3.05, 3.63) is 61.2 Å². The summed E-state index contributed by atoms with van der Waals surface area (Å²) in [5.41, 5.74) is 4.60. The quantitative estimate of drug-likeness (QED) is 0.0778. The van der Waals surface area contributed by atoms with E-state index in [1.807, 2.05) is 61.2 Å². The molecular formula is C14H40N4NiO18S2+6. The molecule has 30 N–H and O–H groups in total. The smallest absolute Gasteiger partial charge is 0.759 e. The normalized spacial score (nSPS) is 7.69. The molecule has 0 bridgehead atoms. The van der Waals surface area contributed by atoms with Gasteiger partial charge in [-0.3, -0.25) is 16.8 Å². The molecule has 0 spiro atoms. The van der Waals surface area contributed by atoms with Gasteiger partial charge in [0.2, 0.25) is 12.7 Å². The van der Waals surface area contributed by atoms with Crippen LogP contribution in [0.2, 0.25) is 0 Å². The minimum atomic E-state index is -5.17. The van der Waals surface area contributed by atoms with Crippen molar-refractivity contribution in [3.8, 4) is 0 Å². The van der Waals surface area contributed by atoms with Gasteiger partial charge in [-0.05, 0) is 24.3 Å². The number of aromatic amines is 4. The predicted molar refractivity (Wildman–Crippen MR) is 134 cm³/mol. The summed E-state index contributed by atoms with van der Waals surface area (Å²) in [5, 5.41) is 0. The Balaban J connectivity index is -0.0000000281. The van der Waals surface area contributed by atoms with E-state index in [2.05, 4.69) is 19.9 Å². The van der Waals surface area contributed by atoms with Gasteiger partial charge in [0.1, 0.15) is 0 Å². The number of hydrogen-bond donors (Lipinski definition) is 2. The Morgan fingerprint density at radius 3 is 0.923 bits per heavy atom. The first kappa shape index (κ1) is 70.6. The third-order valence-corrected chi connectivity index (χ3v) is 2.76. The van der Waals surface area contributed by atoms with Gasteiger partial charge in [-0.1, -0.05) is 24.3 Å². The van der Waals surface area contributed by atoms with Crippen molar-refractivity contribution >= 4 is 42.9 Å². The molecule has 39 heavy (non-hydrogen) atoms. The number of imidazole rings is 2. The standard InChI is InChI=1S/2C7H6N2.Ni.2H2O4S.10H2O/c2*1-2-4-7-6(3-1)8-5-9-7;;2*1-5(2,3)4;;;;;;;;;;/h2*1-5H,(H,8,9);;2*(H2,1,2,3,4);10*1H2/q;;+2;;;;;;;;;;;;/p+4. The van der Waals surface area contributed by atoms with E-state index in [4.69, 9.17) is 35.0 Å². The van der Waals surface area contributed by atoms with Crippen molar-refractivity contribution in [2.24, 2.45) is 0 Å². The number of hydrogen-bond acceptors (Lipinski definition) is 8. The van der Waals surface area contributed by atoms with Crippen LogP contribution in [0.15, 0.2) is 61.2 Å². The maximum absolute atomic E-state index is 8.52. The second kappa shape index (κ2) is 33.2. The summed E-state index contributed by atoms with van der Waals surface area (Å²) in [6.07, 6.45) is 3.65. The largest absolute Gasteiger partial charge is 2.00 e. The molecule has 4 rings (SSSR count). The van der Waals surface area contributed by atoms with Crippen LogP contribution in [0.25, 0.3) is 22.1 Å². The van der Waals surface area contributed by atoms with E-state index in [1.165, 1.54) is 0 Å². The van der Waals surface area contributed by atoms with E-state index < -0.39 is 20.8 Å². The molecule has 0 unspecified atom stereocenters. The van der Waals surface area contributed by atoms with Crippen molar-refractivity contribution in [1.29, 1.82) is 0 Å². The maximum Gasteiger partial charge on any atom is 2.00 e. The third-order valence-electron chi connectivity index (χ3n) is 2.76. The van der Waals surface area contributed by atoms with Gasteiger partial charge in [-0.15, -0.1) is 0 Å². The minimum absolute atomic E-state index is 0. The van der Waals surface area contributed by atoms with E-state index in [1.54, 1.807) is 0 Å². The molecule has 2 aromatic carbocycles. The van der Waals surface area contributed by atoms with Gasteiger partial charge in [0, 0.05) is 20.8 Å². The first-order chi connectivity index (χ1) is 12.9. The van der Waals surface area contributed by atoms with Crippen LogP contribution in [0.4, 0.5) is 0 Å². The van der Waals surface area contributed by atoms with Crippen LogP contribution in [0.1, 0.15) is 0 Å². The van der Waals surface area contributed by atoms with Crippen LogP contribution in [0.3, 0.4) is 0 Å². The van der Waals surface area contributed by atoms with Crippen molar-refractivity contribution in [2.45, 2.75) is 0 Å². The number of para-hydroxylation sites is 4. The van der Waals surface area contributed by atoms with Crippen molar-refractivity contribution < 1.29 is 116 Å². The Morgan fingerprint density at radius 1 is 0.513 bits per heavy atom. The fourth-order valence-corrected chi connectivity index (χ4v) is 1.85. The van der Waals surface area contributed by atoms with Crippen molar-refractivity contribution in [2.75, 3.05) is 0 Å². The molecular weight excluding hydrogens is 635 g/mol. The zero-order valence-electron chi connectivity index (χ0n) is 19.6. The Hall–Kier alpha value is -2.79. The van der Waals surface area contributed by atoms with Crippen LogP contribution in [-0.4, -0.2) is 66.9 Å². The first-order valence-electron chi connectivity index (χ1n) is 7.14. The number of fused-ring (bicyclic) bond motifs is 2. The summed E-state index contributed by atoms with van der Waals surface area (Å²) in [6, 6.07) is 16.2. The van der Waals surface area contributed by atoms with Gasteiger partial charge >= 0.3 is 16.5 Å². The van der Waals surface area contributed by atoms with Crippen molar-refractivity contribution in [3.63, 3.8) is 0 Å². The average molecular weight is 675 g/mol. The molecule has 4 aromatic rings. The maximum atomic E-state index is 8.52. The molecule has 0 saturated carbocycles. The van der Waals surface area contributed by atoms with Crippen LogP contribution in [0, 0.1) is 0 Å². The molecule has 240 valence electrons. The van der Waals surface area contributed by atoms with E-state index in [0.717, 1.165) is 22.1 Å². The Morgan fingerprint density at radius 2 is 0.718 bits per heavy atom. The van der Waals surface area contributed by atoms with Crippen LogP contribution >= 0.6 is 0 Å². The fraction of sp³-hybridized carbons (Fsp3) is 0. The molecule has 0 aliphatic carbocycles. The summed E-state index contributed by atoms with van der Waals surface area (Å²) in [6.45, 7) is 0. The van der Waals surface area contributed by atoms with E-state index >= 15 is 0 Å². The molecule has 2 aromatic heterocycles. The molecule has 0 atom stereocenters. The number of benzene rings is 2. The molecule has 0 aliphatic heterocycles. The third kappa shape index (κ3) is 39.9. The number of H-pyrrole nitrogens is 4. The summed E-state index contributed by atoms with van der Waals surface area (Å²) in [7, 11) is -10.3. The van der Waals surface area contributed by atoms with Gasteiger partial charge in [-0.25, -0.2) is 19.9 Å². The fourth-order valence-electron chi connectivity index (χ4n) is 1.85. The van der Waals surface area contributed by atoms with Crippen LogP contribution in [0.5, 0.6) is 0 Å². The summed E-state index contributed by atoms with van der Waals surface area (Å²) >= 11 is 0. The number of nitrogens with one attached hydrogen (secondary N) is 4. The molecule has 25 heteroatoms. The molecule has 0 fully saturated rings. The predicted octanol–water partition coefficient (Wildman–Crippen LogP) is -9.54.